The second-order valence-electron chi connectivity index (χ2n) is 4.97. The van der Waals surface area contributed by atoms with Crippen LogP contribution < -0.4 is 10.2 Å². The molecule has 1 unspecified atom stereocenters. The Morgan fingerprint density at radius 1 is 1.22 bits per heavy atom. The van der Waals surface area contributed by atoms with Crippen LogP contribution >= 0.6 is 0 Å². The van der Waals surface area contributed by atoms with Gasteiger partial charge in [0.25, 0.3) is 0 Å². The molecule has 0 spiro atoms. The third-order valence-corrected chi connectivity index (χ3v) is 3.31. The number of halogens is 3. The van der Waals surface area contributed by atoms with Crippen molar-refractivity contribution in [2.45, 2.75) is 19.9 Å². The molecule has 0 saturated carbocycles. The summed E-state index contributed by atoms with van der Waals surface area (Å²) in [5.74, 6) is -2.18. The van der Waals surface area contributed by atoms with Gasteiger partial charge in [-0.05, 0) is 5.92 Å². The topological polar surface area (TPSA) is 15.3 Å². The molecule has 2 rings (SSSR count). The zero-order valence-electron chi connectivity index (χ0n) is 10.5. The van der Waals surface area contributed by atoms with Gasteiger partial charge in [0.05, 0.1) is 0 Å². The number of nitrogens with zero attached hydrogens (tertiary/aromatic N) is 1. The minimum Gasteiger partial charge on any atom is -0.364 e. The fourth-order valence-electron chi connectivity index (χ4n) is 2.26. The van der Waals surface area contributed by atoms with Crippen molar-refractivity contribution in [3.63, 3.8) is 0 Å². The lowest BCUT2D eigenvalue weighted by molar-refractivity contribution is 0.364. The van der Waals surface area contributed by atoms with Crippen LogP contribution in [0.1, 0.15) is 13.8 Å². The van der Waals surface area contributed by atoms with Crippen LogP contribution in [0.4, 0.5) is 18.9 Å². The van der Waals surface area contributed by atoms with Gasteiger partial charge >= 0.3 is 0 Å². The summed E-state index contributed by atoms with van der Waals surface area (Å²) >= 11 is 0. The van der Waals surface area contributed by atoms with Gasteiger partial charge in [0.15, 0.2) is 11.6 Å². The largest absolute Gasteiger partial charge is 0.364 e. The van der Waals surface area contributed by atoms with Gasteiger partial charge in [0.1, 0.15) is 11.5 Å². The van der Waals surface area contributed by atoms with Crippen LogP contribution in [0.2, 0.25) is 0 Å². The maximum absolute atomic E-state index is 13.7. The van der Waals surface area contributed by atoms with Crippen molar-refractivity contribution in [3.05, 3.63) is 29.6 Å². The first-order valence-electron chi connectivity index (χ1n) is 6.12. The smallest absolute Gasteiger partial charge is 0.152 e. The van der Waals surface area contributed by atoms with Gasteiger partial charge in [-0.2, -0.15) is 0 Å². The Kier molecular flexibility index (Phi) is 3.80. The number of anilines is 1. The molecule has 1 aliphatic rings. The van der Waals surface area contributed by atoms with Crippen molar-refractivity contribution in [3.8, 4) is 0 Å². The molecular formula is C13H17F3N2. The Labute approximate surface area is 105 Å². The van der Waals surface area contributed by atoms with Crippen LogP contribution in [-0.2, 0) is 0 Å². The van der Waals surface area contributed by atoms with Crippen LogP contribution in [0.3, 0.4) is 0 Å². The first kappa shape index (κ1) is 13.2. The molecule has 0 aromatic heterocycles. The summed E-state index contributed by atoms with van der Waals surface area (Å²) in [6, 6.07) is 1.64. The average Bonchev–Trinajstić information content (AvgIpc) is 2.28. The van der Waals surface area contributed by atoms with Crippen molar-refractivity contribution >= 4 is 5.69 Å². The number of piperazine rings is 1. The van der Waals surface area contributed by atoms with Gasteiger partial charge in [-0.1, -0.05) is 13.8 Å². The van der Waals surface area contributed by atoms with E-state index in [9.17, 15) is 13.2 Å². The minimum absolute atomic E-state index is 0.122. The molecule has 1 aliphatic heterocycles. The zero-order valence-corrected chi connectivity index (χ0v) is 10.5. The first-order valence-corrected chi connectivity index (χ1v) is 6.12. The molecule has 2 nitrogen and oxygen atoms in total. The molecule has 1 atom stereocenters. The van der Waals surface area contributed by atoms with Gasteiger partial charge in [0.2, 0.25) is 0 Å². The van der Waals surface area contributed by atoms with E-state index in [2.05, 4.69) is 19.2 Å². The fraction of sp³-hybridized carbons (Fsp3) is 0.538. The van der Waals surface area contributed by atoms with Gasteiger partial charge in [-0.15, -0.1) is 0 Å². The van der Waals surface area contributed by atoms with E-state index in [1.807, 2.05) is 0 Å². The fourth-order valence-corrected chi connectivity index (χ4v) is 2.26. The quantitative estimate of drug-likeness (QED) is 0.877. The van der Waals surface area contributed by atoms with Crippen molar-refractivity contribution in [2.75, 3.05) is 24.5 Å². The molecule has 0 bridgehead atoms. The van der Waals surface area contributed by atoms with E-state index in [-0.39, 0.29) is 11.7 Å². The molecule has 1 fully saturated rings. The summed E-state index contributed by atoms with van der Waals surface area (Å²) in [4.78, 5) is 1.64. The predicted molar refractivity (Wildman–Crippen MR) is 65.2 cm³/mol. The van der Waals surface area contributed by atoms with E-state index in [1.165, 1.54) is 0 Å². The Morgan fingerprint density at radius 3 is 2.39 bits per heavy atom. The van der Waals surface area contributed by atoms with E-state index in [1.54, 1.807) is 4.90 Å². The molecule has 100 valence electrons. The normalized spacial score (nSPS) is 20.6. The summed E-state index contributed by atoms with van der Waals surface area (Å²) in [7, 11) is 0. The number of nitrogens with one attached hydrogen (secondary N) is 1. The van der Waals surface area contributed by atoms with E-state index >= 15 is 0 Å². The highest BCUT2D eigenvalue weighted by Crippen LogP contribution is 2.26. The van der Waals surface area contributed by atoms with Gasteiger partial charge in [0, 0.05) is 37.8 Å². The molecule has 1 saturated heterocycles. The molecule has 1 aromatic carbocycles. The van der Waals surface area contributed by atoms with Crippen molar-refractivity contribution in [1.82, 2.24) is 5.32 Å². The molecule has 1 heterocycles. The van der Waals surface area contributed by atoms with Crippen LogP contribution in [0.25, 0.3) is 0 Å². The standard InChI is InChI=1S/C13H17F3N2/c1-8(2)12-7-18(4-3-17-12)13-10(15)5-9(14)6-11(13)16/h5-6,8,12,17H,3-4,7H2,1-2H3. The molecule has 18 heavy (non-hydrogen) atoms. The molecule has 0 amide bonds. The first-order chi connectivity index (χ1) is 8.49. The van der Waals surface area contributed by atoms with Crippen molar-refractivity contribution < 1.29 is 13.2 Å². The number of hydrogen-bond donors (Lipinski definition) is 1. The summed E-state index contributed by atoms with van der Waals surface area (Å²) in [5, 5.41) is 3.31. The second kappa shape index (κ2) is 5.18. The summed E-state index contributed by atoms with van der Waals surface area (Å²) < 4.78 is 40.2. The van der Waals surface area contributed by atoms with Crippen molar-refractivity contribution in [1.29, 1.82) is 0 Å². The molecule has 0 radical (unpaired) electrons. The van der Waals surface area contributed by atoms with E-state index in [4.69, 9.17) is 0 Å². The molecule has 5 heteroatoms. The van der Waals surface area contributed by atoms with E-state index in [0.717, 1.165) is 12.1 Å². The van der Waals surface area contributed by atoms with Crippen LogP contribution in [-0.4, -0.2) is 25.7 Å². The average molecular weight is 258 g/mol. The maximum Gasteiger partial charge on any atom is 0.152 e. The van der Waals surface area contributed by atoms with Gasteiger partial charge < -0.3 is 10.2 Å². The van der Waals surface area contributed by atoms with E-state index < -0.39 is 17.5 Å². The monoisotopic (exact) mass is 258 g/mol. The SMILES string of the molecule is CC(C)C1CN(c2c(F)cc(F)cc2F)CCN1. The Balaban J connectivity index is 2.26. The Bertz CT molecular complexity index is 411. The summed E-state index contributed by atoms with van der Waals surface area (Å²) in [6.45, 7) is 5.82. The lowest BCUT2D eigenvalue weighted by atomic mass is 10.0. The van der Waals surface area contributed by atoms with Gasteiger partial charge in [-0.25, -0.2) is 13.2 Å². The molecule has 1 aromatic rings. The lowest BCUT2D eigenvalue weighted by Gasteiger charge is -2.37. The third-order valence-electron chi connectivity index (χ3n) is 3.31. The maximum atomic E-state index is 13.7. The number of benzene rings is 1. The Morgan fingerprint density at radius 2 is 1.83 bits per heavy atom. The van der Waals surface area contributed by atoms with Crippen LogP contribution in [0, 0.1) is 23.4 Å². The zero-order chi connectivity index (χ0) is 13.3. The lowest BCUT2D eigenvalue weighted by Crippen LogP contribution is -2.53. The van der Waals surface area contributed by atoms with Gasteiger partial charge in [-0.3, -0.25) is 0 Å². The highest BCUT2D eigenvalue weighted by Gasteiger charge is 2.26. The summed E-state index contributed by atoms with van der Waals surface area (Å²) in [6.07, 6.45) is 0. The molecular weight excluding hydrogens is 241 g/mol. The highest BCUT2D eigenvalue weighted by molar-refractivity contribution is 5.50. The minimum atomic E-state index is -0.885. The molecule has 1 N–H and O–H groups in total. The Hall–Kier alpha value is -1.23. The second-order valence-corrected chi connectivity index (χ2v) is 4.97. The summed E-state index contributed by atoms with van der Waals surface area (Å²) in [5.41, 5.74) is -0.122. The molecule has 0 aliphatic carbocycles. The number of rotatable bonds is 2. The van der Waals surface area contributed by atoms with Crippen LogP contribution in [0.15, 0.2) is 12.1 Å². The van der Waals surface area contributed by atoms with E-state index in [0.29, 0.717) is 25.6 Å². The predicted octanol–water partition coefficient (Wildman–Crippen LogP) is 2.54. The third kappa shape index (κ3) is 2.61. The van der Waals surface area contributed by atoms with Crippen molar-refractivity contribution in [2.24, 2.45) is 5.92 Å². The van der Waals surface area contributed by atoms with Crippen LogP contribution in [0.5, 0.6) is 0 Å². The number of hydrogen-bond acceptors (Lipinski definition) is 2. The highest BCUT2D eigenvalue weighted by atomic mass is 19.1.